The number of carbonyl (C=O) groups is 2. The number of ether oxygens (including phenoxy) is 1. The van der Waals surface area contributed by atoms with E-state index in [1.54, 1.807) is 30.3 Å². The smallest absolute Gasteiger partial charge is 0.262 e. The fourth-order valence-electron chi connectivity index (χ4n) is 2.61. The van der Waals surface area contributed by atoms with E-state index >= 15 is 0 Å². The highest BCUT2D eigenvalue weighted by Gasteiger charge is 2.15. The molecule has 0 bridgehead atoms. The number of carbonyl (C=O) groups excluding carboxylic acids is 2. The molecule has 5 nitrogen and oxygen atoms in total. The van der Waals surface area contributed by atoms with Gasteiger partial charge in [0.25, 0.3) is 11.8 Å². The largest absolute Gasteiger partial charge is 0.483 e. The van der Waals surface area contributed by atoms with Crippen molar-refractivity contribution in [2.45, 2.75) is 4.90 Å². The summed E-state index contributed by atoms with van der Waals surface area (Å²) >= 11 is 1.52. The number of para-hydroxylation sites is 3. The summed E-state index contributed by atoms with van der Waals surface area (Å²) in [6.07, 6.45) is 1.93. The Kier molecular flexibility index (Phi) is 6.86. The number of nitrogens with one attached hydrogen (secondary N) is 2. The molecule has 2 N–H and O–H groups in total. The average molecular weight is 410 g/mol. The molecule has 3 aromatic rings. The maximum Gasteiger partial charge on any atom is 0.262 e. The lowest BCUT2D eigenvalue weighted by molar-refractivity contribution is -0.118. The maximum atomic E-state index is 13.6. The van der Waals surface area contributed by atoms with Gasteiger partial charge >= 0.3 is 0 Å². The number of anilines is 2. The number of hydrogen-bond donors (Lipinski definition) is 2. The van der Waals surface area contributed by atoms with Gasteiger partial charge in [-0.2, -0.15) is 0 Å². The molecule has 0 radical (unpaired) electrons. The minimum absolute atomic E-state index is 0.0702. The fraction of sp³-hybridized carbons (Fsp3) is 0.0909. The average Bonchev–Trinajstić information content (AvgIpc) is 2.74. The molecule has 29 heavy (non-hydrogen) atoms. The highest BCUT2D eigenvalue weighted by atomic mass is 32.2. The van der Waals surface area contributed by atoms with Crippen molar-refractivity contribution >= 4 is 35.0 Å². The lowest BCUT2D eigenvalue weighted by Crippen LogP contribution is -2.22. The Bertz CT molecular complexity index is 1030. The molecule has 0 aliphatic carbocycles. The van der Waals surface area contributed by atoms with E-state index < -0.39 is 11.7 Å². The van der Waals surface area contributed by atoms with Crippen LogP contribution in [0.25, 0.3) is 0 Å². The van der Waals surface area contributed by atoms with Crippen LogP contribution in [0, 0.1) is 5.82 Å². The summed E-state index contributed by atoms with van der Waals surface area (Å²) in [5.74, 6) is -1.15. The van der Waals surface area contributed by atoms with Crippen LogP contribution in [-0.2, 0) is 4.79 Å². The van der Waals surface area contributed by atoms with E-state index in [0.29, 0.717) is 11.3 Å². The van der Waals surface area contributed by atoms with Crippen LogP contribution in [0.3, 0.4) is 0 Å². The molecule has 0 spiro atoms. The monoisotopic (exact) mass is 410 g/mol. The van der Waals surface area contributed by atoms with Crippen molar-refractivity contribution in [3.05, 3.63) is 84.2 Å². The second-order valence-corrected chi connectivity index (χ2v) is 6.82. The van der Waals surface area contributed by atoms with E-state index in [4.69, 9.17) is 4.74 Å². The summed E-state index contributed by atoms with van der Waals surface area (Å²) in [6.45, 7) is -0.361. The van der Waals surface area contributed by atoms with Crippen LogP contribution in [0.15, 0.2) is 77.7 Å². The molecular formula is C22H19FN2O3S. The number of hydrogen-bond acceptors (Lipinski definition) is 4. The lowest BCUT2D eigenvalue weighted by atomic mass is 10.2. The zero-order chi connectivity index (χ0) is 20.6. The molecule has 3 rings (SSSR count). The molecule has 0 saturated heterocycles. The van der Waals surface area contributed by atoms with Gasteiger partial charge < -0.3 is 15.4 Å². The molecule has 0 aromatic heterocycles. The van der Waals surface area contributed by atoms with E-state index in [2.05, 4.69) is 10.6 Å². The molecule has 0 atom stereocenters. The third-order valence-corrected chi connectivity index (χ3v) is 4.79. The van der Waals surface area contributed by atoms with Crippen LogP contribution in [0.4, 0.5) is 15.8 Å². The van der Waals surface area contributed by atoms with Gasteiger partial charge in [-0.1, -0.05) is 36.4 Å². The maximum absolute atomic E-state index is 13.6. The first-order valence-corrected chi connectivity index (χ1v) is 10.0. The third-order valence-electron chi connectivity index (χ3n) is 3.99. The summed E-state index contributed by atoms with van der Waals surface area (Å²) in [6, 6.07) is 19.9. The Morgan fingerprint density at radius 1 is 0.897 bits per heavy atom. The first kappa shape index (κ1) is 20.4. The molecule has 148 valence electrons. The number of amides is 2. The first-order chi connectivity index (χ1) is 14.1. The minimum atomic E-state index is -0.534. The zero-order valence-corrected chi connectivity index (χ0v) is 16.5. The van der Waals surface area contributed by atoms with Crippen molar-refractivity contribution in [2.24, 2.45) is 0 Å². The quantitative estimate of drug-likeness (QED) is 0.548. The molecule has 3 aromatic carbocycles. The fourth-order valence-corrected chi connectivity index (χ4v) is 3.16. The predicted molar refractivity (Wildman–Crippen MR) is 113 cm³/mol. The molecule has 0 aliphatic heterocycles. The molecule has 2 amide bonds. The van der Waals surface area contributed by atoms with E-state index in [0.717, 1.165) is 4.90 Å². The topological polar surface area (TPSA) is 67.4 Å². The van der Waals surface area contributed by atoms with Crippen LogP contribution in [-0.4, -0.2) is 24.7 Å². The van der Waals surface area contributed by atoms with E-state index in [9.17, 15) is 14.0 Å². The third kappa shape index (κ3) is 5.36. The molecule has 0 aliphatic rings. The van der Waals surface area contributed by atoms with Gasteiger partial charge in [0.1, 0.15) is 11.6 Å². The number of rotatable bonds is 7. The van der Waals surface area contributed by atoms with Crippen LogP contribution in [0.1, 0.15) is 10.4 Å². The number of halogens is 1. The van der Waals surface area contributed by atoms with Gasteiger partial charge in [-0.05, 0) is 42.7 Å². The molecule has 0 fully saturated rings. The van der Waals surface area contributed by atoms with E-state index in [-0.39, 0.29) is 24.0 Å². The van der Waals surface area contributed by atoms with Crippen molar-refractivity contribution in [1.29, 1.82) is 0 Å². The number of thioether (sulfide) groups is 1. The number of benzene rings is 3. The Balaban J connectivity index is 1.68. The first-order valence-electron chi connectivity index (χ1n) is 8.79. The van der Waals surface area contributed by atoms with Gasteiger partial charge in [0, 0.05) is 4.90 Å². The van der Waals surface area contributed by atoms with Crippen LogP contribution >= 0.6 is 11.8 Å². The summed E-state index contributed by atoms with van der Waals surface area (Å²) in [4.78, 5) is 25.8. The van der Waals surface area contributed by atoms with Gasteiger partial charge in [-0.3, -0.25) is 9.59 Å². The highest BCUT2D eigenvalue weighted by Crippen LogP contribution is 2.26. The Morgan fingerprint density at radius 2 is 1.55 bits per heavy atom. The standard InChI is InChI=1S/C22H19FN2O3S/c1-29-20-13-7-5-11-18(20)25-22(27)15-8-2-6-12-19(15)28-14-21(26)24-17-10-4-3-9-16(17)23/h2-13H,14H2,1H3,(H,24,26)(H,25,27). The van der Waals surface area contributed by atoms with Crippen LogP contribution < -0.4 is 15.4 Å². The Morgan fingerprint density at radius 3 is 2.31 bits per heavy atom. The molecule has 0 unspecified atom stereocenters. The summed E-state index contributed by atoms with van der Waals surface area (Å²) < 4.78 is 19.2. The Labute approximate surface area is 172 Å². The SMILES string of the molecule is CSc1ccccc1NC(=O)c1ccccc1OCC(=O)Nc1ccccc1F. The molecule has 0 heterocycles. The second-order valence-electron chi connectivity index (χ2n) is 5.97. The van der Waals surface area contributed by atoms with Gasteiger partial charge in [0.05, 0.1) is 16.9 Å². The van der Waals surface area contributed by atoms with Crippen LogP contribution in [0.5, 0.6) is 5.75 Å². The van der Waals surface area contributed by atoms with Gasteiger partial charge in [-0.25, -0.2) is 4.39 Å². The van der Waals surface area contributed by atoms with Gasteiger partial charge in [-0.15, -0.1) is 11.8 Å². The van der Waals surface area contributed by atoms with E-state index in [1.807, 2.05) is 30.5 Å². The van der Waals surface area contributed by atoms with Gasteiger partial charge in [0.15, 0.2) is 6.61 Å². The predicted octanol–water partition coefficient (Wildman–Crippen LogP) is 4.82. The summed E-state index contributed by atoms with van der Waals surface area (Å²) in [5.41, 5.74) is 1.06. The molecular weight excluding hydrogens is 391 g/mol. The van der Waals surface area contributed by atoms with Gasteiger partial charge in [0.2, 0.25) is 0 Å². The normalized spacial score (nSPS) is 10.3. The molecule has 7 heteroatoms. The zero-order valence-electron chi connectivity index (χ0n) is 15.6. The lowest BCUT2D eigenvalue weighted by Gasteiger charge is -2.13. The summed E-state index contributed by atoms with van der Waals surface area (Å²) in [5, 5.41) is 5.30. The van der Waals surface area contributed by atoms with Crippen LogP contribution in [0.2, 0.25) is 0 Å². The van der Waals surface area contributed by atoms with Crippen molar-refractivity contribution in [3.8, 4) is 5.75 Å². The highest BCUT2D eigenvalue weighted by molar-refractivity contribution is 7.98. The van der Waals surface area contributed by atoms with Crippen molar-refractivity contribution in [2.75, 3.05) is 23.5 Å². The Hall–Kier alpha value is -3.32. The minimum Gasteiger partial charge on any atom is -0.483 e. The van der Waals surface area contributed by atoms with E-state index in [1.165, 1.54) is 30.0 Å². The van der Waals surface area contributed by atoms with Crippen molar-refractivity contribution in [1.82, 2.24) is 0 Å². The second kappa shape index (κ2) is 9.75. The summed E-state index contributed by atoms with van der Waals surface area (Å²) in [7, 11) is 0. The van der Waals surface area contributed by atoms with Crippen molar-refractivity contribution < 1.29 is 18.7 Å². The van der Waals surface area contributed by atoms with Crippen molar-refractivity contribution in [3.63, 3.8) is 0 Å². The molecule has 0 saturated carbocycles.